The fraction of sp³-hybridized carbons (Fsp3) is 0.136. The van der Waals surface area contributed by atoms with Crippen LogP contribution in [0.25, 0.3) is 11.3 Å². The molecule has 0 aliphatic rings. The number of pyridine rings is 2. The van der Waals surface area contributed by atoms with Crippen molar-refractivity contribution in [1.82, 2.24) is 10.1 Å². The van der Waals surface area contributed by atoms with Crippen LogP contribution in [-0.2, 0) is 28.8 Å². The van der Waals surface area contributed by atoms with E-state index in [0.717, 1.165) is 5.56 Å². The lowest BCUT2D eigenvalue weighted by Gasteiger charge is -2.07. The van der Waals surface area contributed by atoms with E-state index in [1.165, 1.54) is 22.9 Å². The summed E-state index contributed by atoms with van der Waals surface area (Å²) in [5, 5.41) is 4.35. The topological polar surface area (TPSA) is 145 Å². The molecule has 0 spiro atoms. The molecule has 0 aliphatic heterocycles. The number of phosphoric ester groups is 1. The molecule has 0 fully saturated rings. The average Bonchev–Trinajstić information content (AvgIpc) is 3.25. The van der Waals surface area contributed by atoms with Gasteiger partial charge in [-0.15, -0.1) is 0 Å². The predicted molar refractivity (Wildman–Crippen MR) is 122 cm³/mol. The van der Waals surface area contributed by atoms with Crippen LogP contribution in [0.4, 0.5) is 10.2 Å². The highest BCUT2D eigenvalue weighted by molar-refractivity contribution is 7.46. The molecule has 1 aromatic carbocycles. The third kappa shape index (κ3) is 6.84. The van der Waals surface area contributed by atoms with Crippen molar-refractivity contribution in [3.63, 3.8) is 0 Å². The molecular formula is C22H20ClFN4O6P+. The summed E-state index contributed by atoms with van der Waals surface area (Å²) >= 11 is 5.85. The first kappa shape index (κ1) is 24.8. The molecule has 4 rings (SSSR count). The number of aromatic nitrogens is 3. The van der Waals surface area contributed by atoms with Gasteiger partial charge in [0.15, 0.2) is 5.76 Å². The summed E-state index contributed by atoms with van der Waals surface area (Å²) in [6, 6.07) is 12.7. The molecule has 3 heterocycles. The van der Waals surface area contributed by atoms with Gasteiger partial charge in [-0.05, 0) is 41.5 Å². The first-order valence-corrected chi connectivity index (χ1v) is 12.0. The first-order valence-electron chi connectivity index (χ1n) is 10.1. The normalized spacial score (nSPS) is 11.5. The van der Waals surface area contributed by atoms with Crippen molar-refractivity contribution in [2.45, 2.75) is 19.8 Å². The lowest BCUT2D eigenvalue weighted by Crippen LogP contribution is -2.38. The van der Waals surface area contributed by atoms with Crippen molar-refractivity contribution in [1.29, 1.82) is 0 Å². The van der Waals surface area contributed by atoms with Crippen molar-refractivity contribution in [2.24, 2.45) is 0 Å². The molecular weight excluding hydrogens is 502 g/mol. The number of halogens is 2. The second kappa shape index (κ2) is 10.5. The van der Waals surface area contributed by atoms with Crippen LogP contribution in [0.3, 0.4) is 0 Å². The molecule has 0 bridgehead atoms. The average molecular weight is 522 g/mol. The number of hydrogen-bond acceptors (Lipinski definition) is 7. The van der Waals surface area contributed by atoms with Crippen LogP contribution in [0.1, 0.15) is 16.8 Å². The number of nitrogen functional groups attached to an aromatic ring is 1. The largest absolute Gasteiger partial charge is 0.473 e. The van der Waals surface area contributed by atoms with E-state index in [-0.39, 0.29) is 12.4 Å². The number of anilines is 1. The highest BCUT2D eigenvalue weighted by Crippen LogP contribution is 2.35. The summed E-state index contributed by atoms with van der Waals surface area (Å²) in [5.41, 5.74) is 8.64. The van der Waals surface area contributed by atoms with Crippen molar-refractivity contribution in [2.75, 3.05) is 5.73 Å². The number of phosphoric acid groups is 1. The predicted octanol–water partition coefficient (Wildman–Crippen LogP) is 3.64. The minimum absolute atomic E-state index is 0.119. The lowest BCUT2D eigenvalue weighted by molar-refractivity contribution is -0.711. The Morgan fingerprint density at radius 1 is 1.17 bits per heavy atom. The van der Waals surface area contributed by atoms with E-state index in [4.69, 9.17) is 36.4 Å². The van der Waals surface area contributed by atoms with E-state index in [9.17, 15) is 8.96 Å². The Morgan fingerprint density at radius 3 is 2.71 bits per heavy atom. The summed E-state index contributed by atoms with van der Waals surface area (Å²) in [4.78, 5) is 22.0. The molecule has 0 atom stereocenters. The highest BCUT2D eigenvalue weighted by atomic mass is 35.5. The number of rotatable bonds is 9. The molecule has 10 nitrogen and oxygen atoms in total. The summed E-state index contributed by atoms with van der Waals surface area (Å²) in [5.74, 6) is 0.498. The second-order valence-corrected chi connectivity index (χ2v) is 9.13. The van der Waals surface area contributed by atoms with E-state index in [2.05, 4.69) is 14.7 Å². The standard InChI is InChI=1S/C22H19ClFN4O6P/c23-16-6-15(7-17(24)9-16)12-32-21-4-3-14(11-26-21)8-18-10-20(34-27-18)19-2-1-5-28(22(19)25)13-33-35(29,30)31/h1-7,9-11,25H,8,12-13H2,(H2,29,30,31)/p+1. The Labute approximate surface area is 203 Å². The molecule has 3 aromatic heterocycles. The van der Waals surface area contributed by atoms with Crippen LogP contribution < -0.4 is 15.0 Å². The molecule has 0 radical (unpaired) electrons. The van der Waals surface area contributed by atoms with Gasteiger partial charge in [0.2, 0.25) is 12.6 Å². The van der Waals surface area contributed by atoms with Crippen molar-refractivity contribution < 1.29 is 37.1 Å². The maximum absolute atomic E-state index is 13.4. The molecule has 0 unspecified atom stereocenters. The van der Waals surface area contributed by atoms with Gasteiger partial charge in [0.25, 0.3) is 5.82 Å². The molecule has 35 heavy (non-hydrogen) atoms. The van der Waals surface area contributed by atoms with Gasteiger partial charge in [-0.25, -0.2) is 23.0 Å². The SMILES string of the molecule is Nc1c(-c2cc(Cc3ccc(OCc4cc(F)cc(Cl)c4)nc3)no2)ccc[n+]1COP(=O)(O)O. The van der Waals surface area contributed by atoms with Crippen LogP contribution in [-0.4, -0.2) is 19.9 Å². The number of nitrogens with zero attached hydrogens (tertiary/aromatic N) is 3. The number of benzene rings is 1. The number of ether oxygens (including phenoxy) is 1. The van der Waals surface area contributed by atoms with Crippen LogP contribution in [0.15, 0.2) is 65.4 Å². The first-order chi connectivity index (χ1) is 16.7. The number of hydrogen-bond donors (Lipinski definition) is 3. The van der Waals surface area contributed by atoms with Crippen LogP contribution >= 0.6 is 19.4 Å². The summed E-state index contributed by atoms with van der Waals surface area (Å²) < 4.78 is 41.2. The van der Waals surface area contributed by atoms with Crippen LogP contribution in [0, 0.1) is 5.82 Å². The van der Waals surface area contributed by atoms with Crippen LogP contribution in [0.2, 0.25) is 5.02 Å². The van der Waals surface area contributed by atoms with Crippen molar-refractivity contribution >= 4 is 25.2 Å². The van der Waals surface area contributed by atoms with E-state index in [0.29, 0.717) is 39.9 Å². The third-order valence-electron chi connectivity index (χ3n) is 4.80. The van der Waals surface area contributed by atoms with E-state index >= 15 is 0 Å². The molecule has 4 aromatic rings. The Morgan fingerprint density at radius 2 is 2.00 bits per heavy atom. The minimum Gasteiger partial charge on any atom is -0.473 e. The van der Waals surface area contributed by atoms with E-state index < -0.39 is 20.4 Å². The number of nitrogens with two attached hydrogens (primary N) is 1. The minimum atomic E-state index is -4.65. The van der Waals surface area contributed by atoms with Crippen LogP contribution in [0.5, 0.6) is 5.88 Å². The van der Waals surface area contributed by atoms with Gasteiger partial charge < -0.3 is 19.0 Å². The third-order valence-corrected chi connectivity index (χ3v) is 5.47. The zero-order chi connectivity index (χ0) is 25.0. The van der Waals surface area contributed by atoms with Gasteiger partial charge in [0, 0.05) is 29.8 Å². The molecule has 0 saturated carbocycles. The smallest absolute Gasteiger partial charge is 0.472 e. The maximum atomic E-state index is 13.4. The second-order valence-electron chi connectivity index (χ2n) is 7.46. The molecule has 4 N–H and O–H groups in total. The fourth-order valence-electron chi connectivity index (χ4n) is 3.21. The summed E-state index contributed by atoms with van der Waals surface area (Å²) in [6.45, 7) is -0.314. The maximum Gasteiger partial charge on any atom is 0.472 e. The Bertz CT molecular complexity index is 1360. The lowest BCUT2D eigenvalue weighted by atomic mass is 10.1. The monoisotopic (exact) mass is 521 g/mol. The molecule has 13 heteroatoms. The highest BCUT2D eigenvalue weighted by Gasteiger charge is 2.20. The van der Waals surface area contributed by atoms with Gasteiger partial charge in [-0.1, -0.05) is 22.8 Å². The van der Waals surface area contributed by atoms with Crippen molar-refractivity contribution in [3.05, 3.63) is 88.6 Å². The van der Waals surface area contributed by atoms with Gasteiger partial charge in [-0.3, -0.25) is 5.73 Å². The zero-order valence-electron chi connectivity index (χ0n) is 18.0. The Balaban J connectivity index is 1.40. The van der Waals surface area contributed by atoms with Gasteiger partial charge in [0.1, 0.15) is 18.0 Å². The molecule has 0 aliphatic carbocycles. The van der Waals surface area contributed by atoms with E-state index in [1.807, 2.05) is 6.07 Å². The molecule has 0 amide bonds. The zero-order valence-corrected chi connectivity index (χ0v) is 19.7. The Kier molecular flexibility index (Phi) is 7.44. The summed E-state index contributed by atoms with van der Waals surface area (Å²) in [7, 11) is -4.65. The fourth-order valence-corrected chi connectivity index (χ4v) is 3.72. The molecule has 0 saturated heterocycles. The van der Waals surface area contributed by atoms with Gasteiger partial charge >= 0.3 is 7.82 Å². The van der Waals surface area contributed by atoms with Crippen molar-refractivity contribution in [3.8, 4) is 17.2 Å². The van der Waals surface area contributed by atoms with Gasteiger partial charge in [0.05, 0.1) is 11.9 Å². The summed E-state index contributed by atoms with van der Waals surface area (Å²) in [6.07, 6.45) is 3.57. The molecule has 182 valence electrons. The Hall–Kier alpha value is -3.34. The quantitative estimate of drug-likeness (QED) is 0.222. The van der Waals surface area contributed by atoms with Gasteiger partial charge in [-0.2, -0.15) is 0 Å². The van der Waals surface area contributed by atoms with E-state index in [1.54, 1.807) is 36.5 Å².